The van der Waals surface area contributed by atoms with E-state index in [1.807, 2.05) is 24.3 Å². The highest BCUT2D eigenvalue weighted by atomic mass is 32.2. The van der Waals surface area contributed by atoms with Gasteiger partial charge in [0.05, 0.1) is 19.1 Å². The maximum Gasteiger partial charge on any atom is 0.416 e. The lowest BCUT2D eigenvalue weighted by molar-refractivity contribution is 0.135. The van der Waals surface area contributed by atoms with Crippen LogP contribution < -0.4 is 14.2 Å². The lowest BCUT2D eigenvalue weighted by Crippen LogP contribution is -2.42. The van der Waals surface area contributed by atoms with E-state index in [0.717, 1.165) is 27.7 Å². The van der Waals surface area contributed by atoms with Crippen LogP contribution in [0.15, 0.2) is 71.6 Å². The molecule has 0 saturated carbocycles. The number of hydrogen-bond donors (Lipinski definition) is 1. The first-order valence-corrected chi connectivity index (χ1v) is 13.3. The van der Waals surface area contributed by atoms with Crippen molar-refractivity contribution in [2.24, 2.45) is 0 Å². The summed E-state index contributed by atoms with van der Waals surface area (Å²) in [6.45, 7) is 0.398. The fraction of sp³-hybridized carbons (Fsp3) is 0.222. The molecule has 186 valence electrons. The van der Waals surface area contributed by atoms with Crippen LogP contribution in [-0.4, -0.2) is 51.4 Å². The molecular weight excluding hydrogens is 480 g/mol. The molecule has 2 heterocycles. The van der Waals surface area contributed by atoms with Gasteiger partial charge < -0.3 is 19.2 Å². The third-order valence-corrected chi connectivity index (χ3v) is 7.57. The summed E-state index contributed by atoms with van der Waals surface area (Å²) in [6.07, 6.45) is 1.26. The van der Waals surface area contributed by atoms with Crippen LogP contribution in [0.3, 0.4) is 0 Å². The van der Waals surface area contributed by atoms with Gasteiger partial charge in [0.1, 0.15) is 23.3 Å². The minimum Gasteiger partial charge on any atom is -0.497 e. The summed E-state index contributed by atoms with van der Waals surface area (Å²) in [6, 6.07) is 19.0. The smallest absolute Gasteiger partial charge is 0.416 e. The van der Waals surface area contributed by atoms with Crippen molar-refractivity contribution in [1.29, 1.82) is 0 Å². The number of rotatable bonds is 5. The number of nitrogens with one attached hydrogen (secondary N) is 1. The number of ether oxygens (including phenoxy) is 3. The zero-order valence-electron chi connectivity index (χ0n) is 20.1. The number of fused-ring (bicyclic) bond motifs is 3. The van der Waals surface area contributed by atoms with Gasteiger partial charge in [0, 0.05) is 29.4 Å². The fourth-order valence-corrected chi connectivity index (χ4v) is 5.28. The molecule has 36 heavy (non-hydrogen) atoms. The van der Waals surface area contributed by atoms with Crippen LogP contribution >= 0.6 is 0 Å². The van der Waals surface area contributed by atoms with Gasteiger partial charge >= 0.3 is 6.09 Å². The Hall–Kier alpha value is -3.98. The quantitative estimate of drug-likeness (QED) is 0.420. The molecule has 0 fully saturated rings. The molecule has 0 aliphatic carbocycles. The van der Waals surface area contributed by atoms with Crippen LogP contribution in [0.2, 0.25) is 0 Å². The molecule has 8 nitrogen and oxygen atoms in total. The van der Waals surface area contributed by atoms with Crippen molar-refractivity contribution in [3.05, 3.63) is 83.6 Å². The Morgan fingerprint density at radius 3 is 2.14 bits per heavy atom. The number of amides is 1. The average molecular weight is 507 g/mol. The van der Waals surface area contributed by atoms with Crippen LogP contribution in [0, 0.1) is 0 Å². The van der Waals surface area contributed by atoms with Crippen molar-refractivity contribution in [2.75, 3.05) is 27.0 Å². The molecule has 1 unspecified atom stereocenters. The number of methoxy groups -OCH3 is 2. The number of carbonyl (C=O) groups is 1. The van der Waals surface area contributed by atoms with Crippen LogP contribution in [0.25, 0.3) is 10.9 Å². The zero-order valence-corrected chi connectivity index (χ0v) is 21.0. The molecule has 0 spiro atoms. The summed E-state index contributed by atoms with van der Waals surface area (Å²) >= 11 is 0. The lowest BCUT2D eigenvalue weighted by atomic mass is 9.92. The maximum absolute atomic E-state index is 13.4. The molecule has 1 aliphatic heterocycles. The molecule has 1 aromatic heterocycles. The number of hydrogen-bond acceptors (Lipinski definition) is 6. The minimum atomic E-state index is -3.36. The molecule has 0 radical (unpaired) electrons. The van der Waals surface area contributed by atoms with Crippen LogP contribution in [0.5, 0.6) is 17.2 Å². The average Bonchev–Trinajstić information content (AvgIpc) is 3.26. The van der Waals surface area contributed by atoms with Gasteiger partial charge in [0.15, 0.2) is 9.84 Å². The summed E-state index contributed by atoms with van der Waals surface area (Å²) < 4.78 is 40.5. The zero-order chi connectivity index (χ0) is 25.4. The van der Waals surface area contributed by atoms with Gasteiger partial charge in [-0.15, -0.1) is 0 Å². The lowest BCUT2D eigenvalue weighted by Gasteiger charge is -2.35. The molecule has 0 bridgehead atoms. The summed E-state index contributed by atoms with van der Waals surface area (Å²) in [7, 11) is -0.182. The number of aromatic amines is 1. The molecule has 3 aromatic carbocycles. The second kappa shape index (κ2) is 9.23. The molecule has 4 aromatic rings. The topological polar surface area (TPSA) is 97.9 Å². The largest absolute Gasteiger partial charge is 0.497 e. The second-order valence-electron chi connectivity index (χ2n) is 8.66. The molecule has 0 saturated heterocycles. The van der Waals surface area contributed by atoms with Crippen LogP contribution in [0.1, 0.15) is 22.9 Å². The van der Waals surface area contributed by atoms with E-state index >= 15 is 0 Å². The van der Waals surface area contributed by atoms with Gasteiger partial charge in [-0.05, 0) is 72.1 Å². The van der Waals surface area contributed by atoms with Crippen LogP contribution in [-0.2, 0) is 16.3 Å². The Bertz CT molecular complexity index is 1530. The summed E-state index contributed by atoms with van der Waals surface area (Å²) in [4.78, 5) is 18.8. The minimum absolute atomic E-state index is 0.263. The third kappa shape index (κ3) is 4.37. The monoisotopic (exact) mass is 506 g/mol. The molecule has 1 aliphatic rings. The van der Waals surface area contributed by atoms with E-state index < -0.39 is 22.0 Å². The highest BCUT2D eigenvalue weighted by Crippen LogP contribution is 2.40. The molecule has 1 N–H and O–H groups in total. The van der Waals surface area contributed by atoms with Crippen molar-refractivity contribution in [1.82, 2.24) is 9.88 Å². The maximum atomic E-state index is 13.4. The van der Waals surface area contributed by atoms with E-state index in [1.165, 1.54) is 6.26 Å². The number of benzene rings is 3. The predicted octanol–water partition coefficient (Wildman–Crippen LogP) is 4.74. The van der Waals surface area contributed by atoms with E-state index in [2.05, 4.69) is 4.98 Å². The third-order valence-electron chi connectivity index (χ3n) is 6.46. The van der Waals surface area contributed by atoms with Gasteiger partial charge in [-0.25, -0.2) is 13.2 Å². The number of H-pyrrole nitrogens is 1. The highest BCUT2D eigenvalue weighted by molar-refractivity contribution is 7.90. The normalized spacial score (nSPS) is 15.4. The number of sulfone groups is 1. The molecule has 5 rings (SSSR count). The first kappa shape index (κ1) is 23.7. The standard InChI is InChI=1S/C27H26N2O6S/c1-33-18-6-4-17(5-7-18)26-25-22(23-16-21(36(3,31)32)12-13-24(23)28-25)14-15-29(26)27(30)35-20-10-8-19(34-2)9-11-20/h4-13,16,26,28H,14-15H2,1-3H3. The molecule has 1 atom stereocenters. The number of aromatic nitrogens is 1. The van der Waals surface area contributed by atoms with Gasteiger partial charge in [0.25, 0.3) is 0 Å². The van der Waals surface area contributed by atoms with Crippen molar-refractivity contribution in [2.45, 2.75) is 17.4 Å². The van der Waals surface area contributed by atoms with E-state index in [4.69, 9.17) is 14.2 Å². The van der Waals surface area contributed by atoms with E-state index in [-0.39, 0.29) is 4.90 Å². The van der Waals surface area contributed by atoms with Gasteiger partial charge in [-0.1, -0.05) is 12.1 Å². The van der Waals surface area contributed by atoms with E-state index in [9.17, 15) is 13.2 Å². The molecule has 9 heteroatoms. The summed E-state index contributed by atoms with van der Waals surface area (Å²) in [5, 5.41) is 0.842. The Kier molecular flexibility index (Phi) is 6.09. The van der Waals surface area contributed by atoms with Crippen molar-refractivity contribution >= 4 is 26.8 Å². The summed E-state index contributed by atoms with van der Waals surface area (Å²) in [5.41, 5.74) is 3.51. The Morgan fingerprint density at radius 1 is 0.917 bits per heavy atom. The second-order valence-corrected chi connectivity index (χ2v) is 10.7. The van der Waals surface area contributed by atoms with E-state index in [0.29, 0.717) is 30.2 Å². The first-order valence-electron chi connectivity index (χ1n) is 11.4. The van der Waals surface area contributed by atoms with Gasteiger partial charge in [-0.3, -0.25) is 4.90 Å². The van der Waals surface area contributed by atoms with Crippen LogP contribution in [0.4, 0.5) is 4.79 Å². The fourth-order valence-electron chi connectivity index (χ4n) is 4.63. The van der Waals surface area contributed by atoms with Gasteiger partial charge in [-0.2, -0.15) is 0 Å². The Labute approximate surface area is 209 Å². The predicted molar refractivity (Wildman–Crippen MR) is 136 cm³/mol. The Balaban J connectivity index is 1.57. The molecule has 1 amide bonds. The van der Waals surface area contributed by atoms with Gasteiger partial charge in [0.2, 0.25) is 0 Å². The number of nitrogens with zero attached hydrogens (tertiary/aromatic N) is 1. The molecular formula is C27H26N2O6S. The SMILES string of the molecule is COc1ccc(OC(=O)N2CCc3c([nH]c4ccc(S(C)(=O)=O)cc34)C2c2ccc(OC)cc2)cc1. The van der Waals surface area contributed by atoms with Crippen molar-refractivity contribution in [3.8, 4) is 17.2 Å². The Morgan fingerprint density at radius 2 is 1.53 bits per heavy atom. The number of carbonyl (C=O) groups excluding carboxylic acids is 1. The van der Waals surface area contributed by atoms with Crippen molar-refractivity contribution in [3.63, 3.8) is 0 Å². The van der Waals surface area contributed by atoms with E-state index in [1.54, 1.807) is 61.6 Å². The first-order chi connectivity index (χ1) is 17.3. The van der Waals surface area contributed by atoms with Crippen molar-refractivity contribution < 1.29 is 27.4 Å². The highest BCUT2D eigenvalue weighted by Gasteiger charge is 2.36. The summed E-state index contributed by atoms with van der Waals surface area (Å²) in [5.74, 6) is 1.78.